The zero-order valence-corrected chi connectivity index (χ0v) is 16.6. The van der Waals surface area contributed by atoms with E-state index in [0.29, 0.717) is 44.4 Å². The third kappa shape index (κ3) is 3.34. The van der Waals surface area contributed by atoms with Crippen molar-refractivity contribution in [2.45, 2.75) is 50.9 Å². The van der Waals surface area contributed by atoms with Crippen LogP contribution in [0.15, 0.2) is 6.20 Å². The molecule has 0 radical (unpaired) electrons. The van der Waals surface area contributed by atoms with Crippen molar-refractivity contribution in [2.75, 3.05) is 36.6 Å². The second-order valence-electron chi connectivity index (χ2n) is 7.91. The van der Waals surface area contributed by atoms with E-state index in [1.807, 2.05) is 11.6 Å². The molecule has 2 aromatic rings. The van der Waals surface area contributed by atoms with Gasteiger partial charge in [-0.15, -0.1) is 0 Å². The molecular formula is C19H23F3N6O2. The Kier molecular flexibility index (Phi) is 4.72. The number of hydrogen-bond donors (Lipinski definition) is 1. The second-order valence-corrected chi connectivity index (χ2v) is 7.91. The normalized spacial score (nSPS) is 22.1. The number of morpholine rings is 1. The zero-order chi connectivity index (χ0) is 20.9. The monoisotopic (exact) mass is 424 g/mol. The van der Waals surface area contributed by atoms with Gasteiger partial charge < -0.3 is 19.7 Å². The predicted molar refractivity (Wildman–Crippen MR) is 102 cm³/mol. The molecule has 1 N–H and O–H groups in total. The molecule has 2 bridgehead atoms. The summed E-state index contributed by atoms with van der Waals surface area (Å²) in [5, 5.41) is 7.72. The highest BCUT2D eigenvalue weighted by Gasteiger charge is 2.39. The molecular weight excluding hydrogens is 401 g/mol. The van der Waals surface area contributed by atoms with Crippen LogP contribution in [-0.2, 0) is 10.9 Å². The van der Waals surface area contributed by atoms with Crippen molar-refractivity contribution >= 4 is 17.6 Å². The highest BCUT2D eigenvalue weighted by Crippen LogP contribution is 2.41. The fourth-order valence-electron chi connectivity index (χ4n) is 4.14. The SMILES string of the molecule is Cc1nn(C2CCC2)c2c1OCC[C@@H]1COCCN1c1nc(ncc1C(F)(F)F)N2. The first-order chi connectivity index (χ1) is 14.4. The first-order valence-electron chi connectivity index (χ1n) is 10.2. The van der Waals surface area contributed by atoms with Gasteiger partial charge in [0.25, 0.3) is 0 Å². The number of nitrogens with one attached hydrogen (secondary N) is 1. The Bertz CT molecular complexity index is 943. The summed E-state index contributed by atoms with van der Waals surface area (Å²) < 4.78 is 54.6. The fourth-order valence-corrected chi connectivity index (χ4v) is 4.14. The topological polar surface area (TPSA) is 77.3 Å². The van der Waals surface area contributed by atoms with Crippen LogP contribution in [0.2, 0.25) is 0 Å². The van der Waals surface area contributed by atoms with E-state index in [1.54, 1.807) is 4.90 Å². The van der Waals surface area contributed by atoms with E-state index in [9.17, 15) is 13.2 Å². The number of halogens is 3. The van der Waals surface area contributed by atoms with Crippen LogP contribution < -0.4 is 15.0 Å². The van der Waals surface area contributed by atoms with Crippen LogP contribution in [-0.4, -0.2) is 52.2 Å². The van der Waals surface area contributed by atoms with Gasteiger partial charge in [0, 0.05) is 19.2 Å². The summed E-state index contributed by atoms with van der Waals surface area (Å²) in [4.78, 5) is 9.95. The van der Waals surface area contributed by atoms with E-state index >= 15 is 0 Å². The molecule has 2 fully saturated rings. The van der Waals surface area contributed by atoms with Crippen LogP contribution >= 0.6 is 0 Å². The summed E-state index contributed by atoms with van der Waals surface area (Å²) in [6.07, 6.45) is -0.0701. The van der Waals surface area contributed by atoms with Crippen molar-refractivity contribution in [1.82, 2.24) is 19.7 Å². The van der Waals surface area contributed by atoms with Gasteiger partial charge in [-0.3, -0.25) is 0 Å². The Balaban J connectivity index is 1.62. The smallest absolute Gasteiger partial charge is 0.421 e. The van der Waals surface area contributed by atoms with Crippen LogP contribution in [0.25, 0.3) is 0 Å². The number of alkyl halides is 3. The molecule has 0 unspecified atom stereocenters. The van der Waals surface area contributed by atoms with E-state index in [4.69, 9.17) is 9.47 Å². The van der Waals surface area contributed by atoms with Crippen LogP contribution in [0, 0.1) is 6.92 Å². The summed E-state index contributed by atoms with van der Waals surface area (Å²) in [6, 6.07) is -0.0338. The van der Waals surface area contributed by atoms with E-state index in [-0.39, 0.29) is 23.8 Å². The summed E-state index contributed by atoms with van der Waals surface area (Å²) in [5.41, 5.74) is -0.114. The van der Waals surface area contributed by atoms with E-state index in [2.05, 4.69) is 20.4 Å². The van der Waals surface area contributed by atoms with Gasteiger partial charge in [-0.05, 0) is 26.2 Å². The molecule has 5 rings (SSSR count). The maximum atomic E-state index is 13.7. The predicted octanol–water partition coefficient (Wildman–Crippen LogP) is 3.46. The lowest BCUT2D eigenvalue weighted by Crippen LogP contribution is -2.47. The largest absolute Gasteiger partial charge is 0.488 e. The standard InChI is InChI=1S/C19H23F3N6O2/c1-11-15-17(28(26-11)12-3-2-4-12)25-18-23-9-14(19(20,21)22)16(24-18)27-6-8-29-10-13(27)5-7-30-15/h9,12-13H,2-8,10H2,1H3,(H,23,24,25)/t13-/m1/s1. The Labute approximate surface area is 171 Å². The van der Waals surface area contributed by atoms with Crippen LogP contribution in [0.4, 0.5) is 30.8 Å². The number of anilines is 3. The average Bonchev–Trinajstić information content (AvgIpc) is 2.94. The van der Waals surface area contributed by atoms with Crippen molar-refractivity contribution in [3.8, 4) is 5.75 Å². The summed E-state index contributed by atoms with van der Waals surface area (Å²) >= 11 is 0. The van der Waals surface area contributed by atoms with Gasteiger partial charge in [0.05, 0.1) is 31.9 Å². The van der Waals surface area contributed by atoms with Gasteiger partial charge >= 0.3 is 6.18 Å². The number of aryl methyl sites for hydroxylation is 1. The number of rotatable bonds is 1. The summed E-state index contributed by atoms with van der Waals surface area (Å²) in [6.45, 7) is 3.19. The molecule has 1 aliphatic carbocycles. The lowest BCUT2D eigenvalue weighted by Gasteiger charge is -2.37. The van der Waals surface area contributed by atoms with Crippen molar-refractivity contribution in [3.05, 3.63) is 17.5 Å². The lowest BCUT2D eigenvalue weighted by molar-refractivity contribution is -0.137. The third-order valence-electron chi connectivity index (χ3n) is 5.95. The molecule has 2 aromatic heterocycles. The highest BCUT2D eigenvalue weighted by molar-refractivity contribution is 5.62. The van der Waals surface area contributed by atoms with Crippen LogP contribution in [0.3, 0.4) is 0 Å². The van der Waals surface area contributed by atoms with Gasteiger partial charge in [0.2, 0.25) is 5.95 Å². The minimum absolute atomic E-state index is 0.0930. The molecule has 0 amide bonds. The highest BCUT2D eigenvalue weighted by atomic mass is 19.4. The molecule has 1 saturated carbocycles. The van der Waals surface area contributed by atoms with Gasteiger partial charge in [0.15, 0.2) is 11.6 Å². The molecule has 162 valence electrons. The van der Waals surface area contributed by atoms with Crippen molar-refractivity contribution < 1.29 is 22.6 Å². The Morgan fingerprint density at radius 1 is 1.17 bits per heavy atom. The number of hydrogen-bond acceptors (Lipinski definition) is 7. The lowest BCUT2D eigenvalue weighted by atomic mass is 9.93. The molecule has 2 aliphatic heterocycles. The quantitative estimate of drug-likeness (QED) is 0.751. The average molecular weight is 424 g/mol. The maximum Gasteiger partial charge on any atom is 0.421 e. The molecule has 3 aliphatic rings. The third-order valence-corrected chi connectivity index (χ3v) is 5.95. The first kappa shape index (κ1) is 19.4. The maximum absolute atomic E-state index is 13.7. The Hall–Kier alpha value is -2.56. The zero-order valence-electron chi connectivity index (χ0n) is 16.6. The van der Waals surface area contributed by atoms with Gasteiger partial charge in [-0.25, -0.2) is 9.67 Å². The molecule has 30 heavy (non-hydrogen) atoms. The molecule has 4 heterocycles. The number of aromatic nitrogens is 4. The van der Waals surface area contributed by atoms with E-state index in [1.165, 1.54) is 0 Å². The first-order valence-corrected chi connectivity index (χ1v) is 10.2. The molecule has 8 nitrogen and oxygen atoms in total. The Morgan fingerprint density at radius 2 is 2.00 bits per heavy atom. The Morgan fingerprint density at radius 3 is 2.73 bits per heavy atom. The number of fused-ring (bicyclic) bond motifs is 5. The van der Waals surface area contributed by atoms with Crippen molar-refractivity contribution in [1.29, 1.82) is 0 Å². The summed E-state index contributed by atoms with van der Waals surface area (Å²) in [5.74, 6) is 1.16. The minimum atomic E-state index is -4.55. The van der Waals surface area contributed by atoms with Gasteiger partial charge in [-0.2, -0.15) is 23.3 Å². The molecule has 0 aromatic carbocycles. The molecule has 1 atom stereocenters. The van der Waals surface area contributed by atoms with E-state index in [0.717, 1.165) is 31.2 Å². The number of nitrogens with zero attached hydrogens (tertiary/aromatic N) is 5. The minimum Gasteiger partial charge on any atom is -0.488 e. The van der Waals surface area contributed by atoms with Gasteiger partial charge in [-0.1, -0.05) is 0 Å². The van der Waals surface area contributed by atoms with Crippen molar-refractivity contribution in [2.24, 2.45) is 0 Å². The van der Waals surface area contributed by atoms with Crippen LogP contribution in [0.1, 0.15) is 43.0 Å². The molecule has 0 spiro atoms. The van der Waals surface area contributed by atoms with Crippen LogP contribution in [0.5, 0.6) is 5.75 Å². The summed E-state index contributed by atoms with van der Waals surface area (Å²) in [7, 11) is 0. The van der Waals surface area contributed by atoms with Gasteiger partial charge in [0.1, 0.15) is 17.1 Å². The number of ether oxygens (including phenoxy) is 2. The second kappa shape index (κ2) is 7.29. The molecule has 11 heteroatoms. The van der Waals surface area contributed by atoms with Crippen molar-refractivity contribution in [3.63, 3.8) is 0 Å². The fraction of sp³-hybridized carbons (Fsp3) is 0.632. The van der Waals surface area contributed by atoms with E-state index < -0.39 is 11.7 Å². The molecule has 1 saturated heterocycles.